The smallest absolute Gasteiger partial charge is 0.347 e. The van der Waals surface area contributed by atoms with Crippen LogP contribution in [0.4, 0.5) is 5.13 Å². The van der Waals surface area contributed by atoms with Gasteiger partial charge >= 0.3 is 11.9 Å². The minimum atomic E-state index is -0.719. The van der Waals surface area contributed by atoms with Crippen LogP contribution in [0, 0.1) is 13.8 Å². The summed E-state index contributed by atoms with van der Waals surface area (Å²) >= 11 is 1.44. The second-order valence-electron chi connectivity index (χ2n) is 3.80. The normalized spacial score (nSPS) is 9.80. The van der Waals surface area contributed by atoms with Gasteiger partial charge in [-0.1, -0.05) is 0 Å². The van der Waals surface area contributed by atoms with Gasteiger partial charge in [0.15, 0.2) is 10.7 Å². The molecule has 1 aromatic heterocycles. The lowest BCUT2D eigenvalue weighted by atomic mass is 10.3. The molecular formula is C13H18N2O4S. The van der Waals surface area contributed by atoms with Crippen LogP contribution in [0.5, 0.6) is 0 Å². The quantitative estimate of drug-likeness (QED) is 0.375. The minimum Gasteiger partial charge on any atom is -0.462 e. The predicted octanol–water partition coefficient (Wildman–Crippen LogP) is 2.18. The second-order valence-corrected chi connectivity index (χ2v) is 5.01. The lowest BCUT2D eigenvalue weighted by molar-refractivity contribution is -0.146. The molecule has 0 aromatic carbocycles. The van der Waals surface area contributed by atoms with Gasteiger partial charge in [0.25, 0.3) is 0 Å². The van der Waals surface area contributed by atoms with Crippen molar-refractivity contribution in [3.05, 3.63) is 22.3 Å². The molecule has 6 nitrogen and oxygen atoms in total. The summed E-state index contributed by atoms with van der Waals surface area (Å²) in [6, 6.07) is 0. The van der Waals surface area contributed by atoms with E-state index in [2.05, 4.69) is 10.3 Å². The highest BCUT2D eigenvalue weighted by molar-refractivity contribution is 7.15. The van der Waals surface area contributed by atoms with Crippen LogP contribution in [-0.4, -0.2) is 30.1 Å². The Bertz CT molecular complexity index is 483. The Morgan fingerprint density at radius 3 is 2.15 bits per heavy atom. The molecule has 0 radical (unpaired) electrons. The third kappa shape index (κ3) is 4.34. The van der Waals surface area contributed by atoms with Crippen LogP contribution >= 0.6 is 11.3 Å². The SMILES string of the molecule is CCOC(=O)C(=CNc1nc(C)c(C)s1)C(=O)OCC. The van der Waals surface area contributed by atoms with Crippen molar-refractivity contribution in [2.45, 2.75) is 27.7 Å². The monoisotopic (exact) mass is 298 g/mol. The fourth-order valence-electron chi connectivity index (χ4n) is 1.29. The Morgan fingerprint density at radius 2 is 1.75 bits per heavy atom. The molecule has 0 spiro atoms. The lowest BCUT2D eigenvalue weighted by Gasteiger charge is -2.06. The third-order valence-corrected chi connectivity index (χ3v) is 3.36. The molecule has 20 heavy (non-hydrogen) atoms. The molecule has 110 valence electrons. The average Bonchev–Trinajstić information content (AvgIpc) is 2.69. The van der Waals surface area contributed by atoms with Crippen molar-refractivity contribution in [1.29, 1.82) is 0 Å². The number of aryl methyl sites for hydroxylation is 2. The summed E-state index contributed by atoms with van der Waals surface area (Å²) in [4.78, 5) is 28.7. The molecular weight excluding hydrogens is 280 g/mol. The van der Waals surface area contributed by atoms with E-state index >= 15 is 0 Å². The molecule has 0 fully saturated rings. The number of anilines is 1. The highest BCUT2D eigenvalue weighted by Gasteiger charge is 2.21. The van der Waals surface area contributed by atoms with E-state index in [1.807, 2.05) is 13.8 Å². The Balaban J connectivity index is 2.88. The number of carbonyl (C=O) groups excluding carboxylic acids is 2. The van der Waals surface area contributed by atoms with Gasteiger partial charge in [0.1, 0.15) is 0 Å². The molecule has 1 aromatic rings. The van der Waals surface area contributed by atoms with Crippen LogP contribution in [0.3, 0.4) is 0 Å². The van der Waals surface area contributed by atoms with Crippen LogP contribution in [0.1, 0.15) is 24.4 Å². The summed E-state index contributed by atoms with van der Waals surface area (Å²) in [5, 5.41) is 3.43. The maximum absolute atomic E-state index is 11.7. The number of hydrogen-bond acceptors (Lipinski definition) is 7. The number of ether oxygens (including phenoxy) is 2. The van der Waals surface area contributed by atoms with E-state index in [4.69, 9.17) is 9.47 Å². The van der Waals surface area contributed by atoms with Gasteiger partial charge in [-0.25, -0.2) is 14.6 Å². The van der Waals surface area contributed by atoms with Gasteiger partial charge in [0.2, 0.25) is 0 Å². The topological polar surface area (TPSA) is 77.5 Å². The van der Waals surface area contributed by atoms with Crippen molar-refractivity contribution in [1.82, 2.24) is 4.98 Å². The van der Waals surface area contributed by atoms with Gasteiger partial charge in [-0.3, -0.25) is 0 Å². The molecule has 0 saturated heterocycles. The van der Waals surface area contributed by atoms with Crippen molar-refractivity contribution in [2.75, 3.05) is 18.5 Å². The molecule has 1 heterocycles. The van der Waals surface area contributed by atoms with Gasteiger partial charge in [-0.05, 0) is 27.7 Å². The molecule has 0 aliphatic rings. The molecule has 0 amide bonds. The zero-order chi connectivity index (χ0) is 15.1. The first-order valence-corrected chi connectivity index (χ1v) is 7.06. The number of carbonyl (C=O) groups is 2. The Morgan fingerprint density at radius 1 is 1.20 bits per heavy atom. The maximum atomic E-state index is 11.7. The number of nitrogens with zero attached hydrogens (tertiary/aromatic N) is 1. The first-order chi connectivity index (χ1) is 9.49. The molecule has 0 atom stereocenters. The molecule has 1 rings (SSSR count). The Hall–Kier alpha value is -1.89. The van der Waals surface area contributed by atoms with Gasteiger partial charge in [-0.2, -0.15) is 0 Å². The van der Waals surface area contributed by atoms with E-state index in [9.17, 15) is 9.59 Å². The zero-order valence-electron chi connectivity index (χ0n) is 12.0. The number of nitrogens with one attached hydrogen (secondary N) is 1. The van der Waals surface area contributed by atoms with Crippen molar-refractivity contribution >= 4 is 28.4 Å². The number of rotatable bonds is 6. The largest absolute Gasteiger partial charge is 0.462 e. The van der Waals surface area contributed by atoms with E-state index in [0.717, 1.165) is 10.6 Å². The van der Waals surface area contributed by atoms with E-state index in [0.29, 0.717) is 5.13 Å². The van der Waals surface area contributed by atoms with Gasteiger partial charge in [0.05, 0.1) is 18.9 Å². The summed E-state index contributed by atoms with van der Waals surface area (Å²) in [6.07, 6.45) is 1.27. The third-order valence-electron chi connectivity index (χ3n) is 2.36. The lowest BCUT2D eigenvalue weighted by Crippen LogP contribution is -2.19. The minimum absolute atomic E-state index is 0.181. The van der Waals surface area contributed by atoms with E-state index in [1.165, 1.54) is 17.5 Å². The van der Waals surface area contributed by atoms with Gasteiger partial charge in [-0.15, -0.1) is 11.3 Å². The predicted molar refractivity (Wildman–Crippen MR) is 76.6 cm³/mol. The summed E-state index contributed by atoms with van der Waals surface area (Å²) in [5.41, 5.74) is 0.721. The first-order valence-electron chi connectivity index (χ1n) is 6.24. The highest BCUT2D eigenvalue weighted by Crippen LogP contribution is 2.21. The van der Waals surface area contributed by atoms with Crippen LogP contribution in [-0.2, 0) is 19.1 Å². The van der Waals surface area contributed by atoms with E-state index in [1.54, 1.807) is 13.8 Å². The number of thiazole rings is 1. The van der Waals surface area contributed by atoms with E-state index < -0.39 is 11.9 Å². The summed E-state index contributed by atoms with van der Waals surface area (Å²) in [5.74, 6) is -1.44. The summed E-state index contributed by atoms with van der Waals surface area (Å²) in [6.45, 7) is 7.54. The molecule has 7 heteroatoms. The van der Waals surface area contributed by atoms with Crippen molar-refractivity contribution in [3.63, 3.8) is 0 Å². The Labute approximate surface area is 121 Å². The van der Waals surface area contributed by atoms with Crippen molar-refractivity contribution in [3.8, 4) is 0 Å². The molecule has 0 bridgehead atoms. The molecule has 0 saturated carbocycles. The average molecular weight is 298 g/mol. The Kier molecular flexibility index (Phi) is 6.17. The molecule has 0 aliphatic carbocycles. The summed E-state index contributed by atoms with van der Waals surface area (Å²) < 4.78 is 9.65. The fourth-order valence-corrected chi connectivity index (χ4v) is 2.07. The van der Waals surface area contributed by atoms with Crippen LogP contribution < -0.4 is 5.32 Å². The number of hydrogen-bond donors (Lipinski definition) is 1. The van der Waals surface area contributed by atoms with Gasteiger partial charge < -0.3 is 14.8 Å². The van der Waals surface area contributed by atoms with Crippen LogP contribution in [0.25, 0.3) is 0 Å². The number of esters is 2. The van der Waals surface area contributed by atoms with E-state index in [-0.39, 0.29) is 18.8 Å². The maximum Gasteiger partial charge on any atom is 0.347 e. The molecule has 0 unspecified atom stereocenters. The molecule has 1 N–H and O–H groups in total. The van der Waals surface area contributed by atoms with Crippen LogP contribution in [0.15, 0.2) is 11.8 Å². The van der Waals surface area contributed by atoms with Crippen LogP contribution in [0.2, 0.25) is 0 Å². The van der Waals surface area contributed by atoms with Crippen molar-refractivity contribution < 1.29 is 19.1 Å². The fraction of sp³-hybridized carbons (Fsp3) is 0.462. The highest BCUT2D eigenvalue weighted by atomic mass is 32.1. The summed E-state index contributed by atoms with van der Waals surface area (Å²) in [7, 11) is 0. The standard InChI is InChI=1S/C13H18N2O4S/c1-5-18-11(16)10(12(17)19-6-2)7-14-13-15-8(3)9(4)20-13/h7H,5-6H2,1-4H3,(H,14,15). The first kappa shape index (κ1) is 16.2. The second kappa shape index (κ2) is 7.64. The van der Waals surface area contributed by atoms with Crippen molar-refractivity contribution in [2.24, 2.45) is 0 Å². The molecule has 0 aliphatic heterocycles. The zero-order valence-corrected chi connectivity index (χ0v) is 12.8. The van der Waals surface area contributed by atoms with Gasteiger partial charge in [0, 0.05) is 11.1 Å². The number of aromatic nitrogens is 1.